The molecule has 5 nitrogen and oxygen atoms in total. The van der Waals surface area contributed by atoms with Crippen LogP contribution in [0.1, 0.15) is 18.1 Å². The highest BCUT2D eigenvalue weighted by Gasteiger charge is 2.14. The summed E-state index contributed by atoms with van der Waals surface area (Å²) in [6.45, 7) is 2.04. The van der Waals surface area contributed by atoms with E-state index in [2.05, 4.69) is 33.2 Å². The number of ether oxygens (including phenoxy) is 1. The molecule has 0 aliphatic rings. The topological polar surface area (TPSA) is 56.1 Å². The number of nitrogens with zero attached hydrogens (tertiary/aromatic N) is 2. The monoisotopic (exact) mass is 387 g/mol. The number of carbonyl (C=O) groups excluding carboxylic acids is 1. The van der Waals surface area contributed by atoms with Gasteiger partial charge in [0.15, 0.2) is 0 Å². The van der Waals surface area contributed by atoms with Crippen molar-refractivity contribution in [3.63, 3.8) is 0 Å². The third-order valence-electron chi connectivity index (χ3n) is 5.28. The number of amides is 1. The maximum atomic E-state index is 12.7. The van der Waals surface area contributed by atoms with Crippen LogP contribution < -0.4 is 10.1 Å². The smallest absolute Gasteiger partial charge is 0.224 e. The van der Waals surface area contributed by atoms with Crippen molar-refractivity contribution in [3.8, 4) is 5.75 Å². The van der Waals surface area contributed by atoms with Crippen LogP contribution in [0.3, 0.4) is 0 Å². The van der Waals surface area contributed by atoms with E-state index in [9.17, 15) is 4.79 Å². The number of para-hydroxylation sites is 1. The van der Waals surface area contributed by atoms with E-state index < -0.39 is 0 Å². The van der Waals surface area contributed by atoms with Gasteiger partial charge in [-0.1, -0.05) is 24.3 Å². The summed E-state index contributed by atoms with van der Waals surface area (Å²) >= 11 is 0. The van der Waals surface area contributed by atoms with Crippen LogP contribution in [-0.4, -0.2) is 28.6 Å². The fourth-order valence-electron chi connectivity index (χ4n) is 3.93. The van der Waals surface area contributed by atoms with Gasteiger partial charge in [0.2, 0.25) is 5.91 Å². The molecule has 0 saturated carbocycles. The third-order valence-corrected chi connectivity index (χ3v) is 5.28. The van der Waals surface area contributed by atoms with Gasteiger partial charge >= 0.3 is 0 Å². The van der Waals surface area contributed by atoms with Crippen molar-refractivity contribution in [1.82, 2.24) is 14.9 Å². The maximum absolute atomic E-state index is 12.7. The second-order valence-corrected chi connectivity index (χ2v) is 7.49. The van der Waals surface area contributed by atoms with E-state index >= 15 is 0 Å². The number of benzene rings is 2. The lowest BCUT2D eigenvalue weighted by atomic mass is 10.0. The quantitative estimate of drug-likeness (QED) is 0.544. The molecule has 1 atom stereocenters. The van der Waals surface area contributed by atoms with Gasteiger partial charge in [0.1, 0.15) is 5.75 Å². The van der Waals surface area contributed by atoms with Gasteiger partial charge in [0.05, 0.1) is 19.0 Å². The molecule has 0 spiro atoms. The minimum Gasteiger partial charge on any atom is -0.497 e. The standard InChI is InChI=1S/C24H25N3O2/c1-16(12-19-15-27(2)22-10-9-20(29-3)14-21(19)22)26-23(28)13-18-7-4-6-17-8-5-11-25-24(17)18/h4-11,14-16H,12-13H2,1-3H3,(H,26,28)/t16-/m1/s1. The number of nitrogens with one attached hydrogen (secondary N) is 1. The summed E-state index contributed by atoms with van der Waals surface area (Å²) in [5.41, 5.74) is 4.18. The third kappa shape index (κ3) is 3.94. The number of hydrogen-bond donors (Lipinski definition) is 1. The predicted molar refractivity (Wildman–Crippen MR) is 116 cm³/mol. The van der Waals surface area contributed by atoms with Crippen LogP contribution in [0.2, 0.25) is 0 Å². The Morgan fingerprint density at radius 2 is 2.00 bits per heavy atom. The Balaban J connectivity index is 1.48. The number of methoxy groups -OCH3 is 1. The van der Waals surface area contributed by atoms with Gasteiger partial charge in [-0.15, -0.1) is 0 Å². The molecule has 0 aliphatic heterocycles. The van der Waals surface area contributed by atoms with Gasteiger partial charge < -0.3 is 14.6 Å². The number of fused-ring (bicyclic) bond motifs is 2. The fourth-order valence-corrected chi connectivity index (χ4v) is 3.93. The van der Waals surface area contributed by atoms with Crippen molar-refractivity contribution in [3.05, 3.63) is 72.1 Å². The normalized spacial score (nSPS) is 12.2. The summed E-state index contributed by atoms with van der Waals surface area (Å²) in [6.07, 6.45) is 4.97. The summed E-state index contributed by atoms with van der Waals surface area (Å²) in [5, 5.41) is 5.35. The molecule has 0 aliphatic carbocycles. The molecule has 0 unspecified atom stereocenters. The maximum Gasteiger partial charge on any atom is 0.224 e. The van der Waals surface area contributed by atoms with Gasteiger partial charge in [-0.3, -0.25) is 9.78 Å². The number of rotatable bonds is 6. The molecule has 148 valence electrons. The van der Waals surface area contributed by atoms with Gasteiger partial charge in [-0.25, -0.2) is 0 Å². The molecular formula is C24H25N3O2. The number of carbonyl (C=O) groups is 1. The van der Waals surface area contributed by atoms with Crippen LogP contribution in [0, 0.1) is 0 Å². The molecule has 2 aromatic carbocycles. The van der Waals surface area contributed by atoms with Crippen LogP contribution in [0.4, 0.5) is 0 Å². The fraction of sp³-hybridized carbons (Fsp3) is 0.250. The number of pyridine rings is 1. The van der Waals surface area contributed by atoms with E-state index in [1.54, 1.807) is 13.3 Å². The summed E-state index contributed by atoms with van der Waals surface area (Å²) in [5.74, 6) is 0.846. The van der Waals surface area contributed by atoms with Crippen LogP contribution in [0.5, 0.6) is 5.75 Å². The lowest BCUT2D eigenvalue weighted by molar-refractivity contribution is -0.121. The zero-order valence-electron chi connectivity index (χ0n) is 17.0. The van der Waals surface area contributed by atoms with Crippen molar-refractivity contribution in [2.75, 3.05) is 7.11 Å². The van der Waals surface area contributed by atoms with E-state index in [1.807, 2.05) is 50.4 Å². The average Bonchev–Trinajstić information content (AvgIpc) is 3.02. The Labute approximate surface area is 170 Å². The molecule has 4 rings (SSSR count). The van der Waals surface area contributed by atoms with E-state index in [-0.39, 0.29) is 11.9 Å². The first-order valence-corrected chi connectivity index (χ1v) is 9.79. The first-order valence-electron chi connectivity index (χ1n) is 9.79. The van der Waals surface area contributed by atoms with Crippen molar-refractivity contribution in [2.45, 2.75) is 25.8 Å². The minimum atomic E-state index is 0.00784. The Morgan fingerprint density at radius 1 is 1.17 bits per heavy atom. The molecule has 5 heteroatoms. The second-order valence-electron chi connectivity index (χ2n) is 7.49. The molecule has 0 bridgehead atoms. The number of aryl methyl sites for hydroxylation is 1. The minimum absolute atomic E-state index is 0.00784. The number of hydrogen-bond acceptors (Lipinski definition) is 3. The average molecular weight is 387 g/mol. The zero-order chi connectivity index (χ0) is 20.4. The van der Waals surface area contributed by atoms with Gasteiger partial charge in [-0.05, 0) is 48.7 Å². The SMILES string of the molecule is COc1ccc2c(c1)c(C[C@@H](C)NC(=O)Cc1cccc3cccnc13)cn2C. The van der Waals surface area contributed by atoms with Crippen molar-refractivity contribution in [2.24, 2.45) is 7.05 Å². The molecule has 0 radical (unpaired) electrons. The van der Waals surface area contributed by atoms with Crippen LogP contribution in [0.25, 0.3) is 21.8 Å². The first-order chi connectivity index (χ1) is 14.0. The first kappa shape index (κ1) is 19.0. The highest BCUT2D eigenvalue weighted by atomic mass is 16.5. The molecule has 2 heterocycles. The van der Waals surface area contributed by atoms with Gasteiger partial charge in [0.25, 0.3) is 0 Å². The van der Waals surface area contributed by atoms with Crippen molar-refractivity contribution >= 4 is 27.7 Å². The molecule has 1 N–H and O–H groups in total. The Bertz CT molecular complexity index is 1170. The lowest BCUT2D eigenvalue weighted by Crippen LogP contribution is -2.35. The molecule has 2 aromatic heterocycles. The summed E-state index contributed by atoms with van der Waals surface area (Å²) in [4.78, 5) is 17.1. The van der Waals surface area contributed by atoms with Gasteiger partial charge in [-0.2, -0.15) is 0 Å². The van der Waals surface area contributed by atoms with Crippen LogP contribution in [0.15, 0.2) is 60.9 Å². The highest BCUT2D eigenvalue weighted by Crippen LogP contribution is 2.26. The summed E-state index contributed by atoms with van der Waals surface area (Å²) in [7, 11) is 3.71. The molecule has 0 saturated heterocycles. The molecule has 29 heavy (non-hydrogen) atoms. The van der Waals surface area contributed by atoms with E-state index in [1.165, 1.54) is 5.56 Å². The lowest BCUT2D eigenvalue weighted by Gasteiger charge is -2.14. The molecule has 4 aromatic rings. The van der Waals surface area contributed by atoms with Crippen LogP contribution >= 0.6 is 0 Å². The van der Waals surface area contributed by atoms with Crippen LogP contribution in [-0.2, 0) is 24.7 Å². The van der Waals surface area contributed by atoms with Crippen molar-refractivity contribution < 1.29 is 9.53 Å². The zero-order valence-corrected chi connectivity index (χ0v) is 17.0. The Hall–Kier alpha value is -3.34. The molecule has 0 fully saturated rings. The summed E-state index contributed by atoms with van der Waals surface area (Å²) in [6, 6.07) is 16.0. The molecular weight excluding hydrogens is 362 g/mol. The van der Waals surface area contributed by atoms with Crippen molar-refractivity contribution in [1.29, 1.82) is 0 Å². The van der Waals surface area contributed by atoms with E-state index in [0.717, 1.165) is 39.5 Å². The summed E-state index contributed by atoms with van der Waals surface area (Å²) < 4.78 is 7.48. The largest absolute Gasteiger partial charge is 0.497 e. The molecule has 1 amide bonds. The Morgan fingerprint density at radius 3 is 2.83 bits per heavy atom. The van der Waals surface area contributed by atoms with E-state index in [0.29, 0.717) is 6.42 Å². The van der Waals surface area contributed by atoms with Gasteiger partial charge in [0, 0.05) is 41.8 Å². The number of aromatic nitrogens is 2. The highest BCUT2D eigenvalue weighted by molar-refractivity contribution is 5.88. The predicted octanol–water partition coefficient (Wildman–Crippen LogP) is 4.03. The Kier molecular flexibility index (Phi) is 5.21. The van der Waals surface area contributed by atoms with E-state index in [4.69, 9.17) is 4.74 Å². The second kappa shape index (κ2) is 7.95.